The minimum absolute atomic E-state index is 0.146. The normalized spacial score (nSPS) is 20.9. The molecule has 96 valence electrons. The number of benzene rings is 1. The second-order valence-electron chi connectivity index (χ2n) is 5.11. The lowest BCUT2D eigenvalue weighted by atomic mass is 10.0. The van der Waals surface area contributed by atoms with Crippen molar-refractivity contribution in [3.8, 4) is 0 Å². The second kappa shape index (κ2) is 6.39. The number of amides is 1. The van der Waals surface area contributed by atoms with E-state index in [9.17, 15) is 4.79 Å². The average Bonchev–Trinajstić information content (AvgIpc) is 2.62. The van der Waals surface area contributed by atoms with Gasteiger partial charge in [-0.25, -0.2) is 0 Å². The van der Waals surface area contributed by atoms with Crippen LogP contribution in [0.4, 0.5) is 0 Å². The van der Waals surface area contributed by atoms with Crippen molar-refractivity contribution in [1.29, 1.82) is 0 Å². The Morgan fingerprint density at radius 2 is 2.00 bits per heavy atom. The number of nitrogens with zero attached hydrogens (tertiary/aromatic N) is 1. The molecule has 1 heterocycles. The highest BCUT2D eigenvalue weighted by molar-refractivity contribution is 5.91. The van der Waals surface area contributed by atoms with E-state index in [1.54, 1.807) is 6.08 Å². The Labute approximate surface area is 109 Å². The highest BCUT2D eigenvalue weighted by Crippen LogP contribution is 2.16. The quantitative estimate of drug-likeness (QED) is 0.729. The number of likely N-dealkylation sites (tertiary alicyclic amines) is 1. The molecule has 1 saturated heterocycles. The van der Waals surface area contributed by atoms with Gasteiger partial charge in [0.2, 0.25) is 5.91 Å². The van der Waals surface area contributed by atoms with Crippen LogP contribution in [0, 0.1) is 5.92 Å². The van der Waals surface area contributed by atoms with Crippen molar-refractivity contribution in [3.05, 3.63) is 42.0 Å². The van der Waals surface area contributed by atoms with Gasteiger partial charge in [-0.2, -0.15) is 0 Å². The first-order chi connectivity index (χ1) is 8.75. The summed E-state index contributed by atoms with van der Waals surface area (Å²) in [7, 11) is 0. The summed E-state index contributed by atoms with van der Waals surface area (Å²) in [4.78, 5) is 14.0. The molecule has 2 rings (SSSR count). The fourth-order valence-electron chi connectivity index (χ4n) is 2.32. The van der Waals surface area contributed by atoms with Gasteiger partial charge in [0, 0.05) is 19.2 Å². The predicted octanol–water partition coefficient (Wildman–Crippen LogP) is 3.35. The first-order valence-electron chi connectivity index (χ1n) is 6.78. The fourth-order valence-corrected chi connectivity index (χ4v) is 2.32. The molecule has 1 aliphatic heterocycles. The monoisotopic (exact) mass is 243 g/mol. The lowest BCUT2D eigenvalue weighted by molar-refractivity contribution is -0.125. The van der Waals surface area contributed by atoms with Gasteiger partial charge in [0.15, 0.2) is 0 Å². The molecule has 1 atom stereocenters. The molecule has 1 amide bonds. The third kappa shape index (κ3) is 3.73. The number of carbonyl (C=O) groups is 1. The molecule has 1 fully saturated rings. The molecule has 1 aromatic rings. The molecule has 0 aliphatic carbocycles. The summed E-state index contributed by atoms with van der Waals surface area (Å²) >= 11 is 0. The van der Waals surface area contributed by atoms with E-state index in [2.05, 4.69) is 6.92 Å². The van der Waals surface area contributed by atoms with E-state index in [4.69, 9.17) is 0 Å². The standard InChI is InChI=1S/C16H21NO/c1-14-6-5-12-17(13-11-14)16(18)10-9-15-7-3-2-4-8-15/h2-4,7-10,14H,5-6,11-13H2,1H3/b10-9+. The first kappa shape index (κ1) is 12.9. The van der Waals surface area contributed by atoms with Crippen LogP contribution in [0.25, 0.3) is 6.08 Å². The molecule has 0 saturated carbocycles. The third-order valence-corrected chi connectivity index (χ3v) is 3.55. The van der Waals surface area contributed by atoms with Gasteiger partial charge in [-0.1, -0.05) is 37.3 Å². The van der Waals surface area contributed by atoms with Gasteiger partial charge in [-0.15, -0.1) is 0 Å². The van der Waals surface area contributed by atoms with Crippen LogP contribution < -0.4 is 0 Å². The van der Waals surface area contributed by atoms with Crippen molar-refractivity contribution in [1.82, 2.24) is 4.90 Å². The predicted molar refractivity (Wildman–Crippen MR) is 75.1 cm³/mol. The van der Waals surface area contributed by atoms with E-state index >= 15 is 0 Å². The number of hydrogen-bond donors (Lipinski definition) is 0. The fraction of sp³-hybridized carbons (Fsp3) is 0.438. The maximum absolute atomic E-state index is 12.1. The Morgan fingerprint density at radius 1 is 1.22 bits per heavy atom. The van der Waals surface area contributed by atoms with E-state index in [1.165, 1.54) is 6.42 Å². The molecule has 1 aromatic carbocycles. The zero-order valence-corrected chi connectivity index (χ0v) is 11.0. The third-order valence-electron chi connectivity index (χ3n) is 3.55. The molecule has 18 heavy (non-hydrogen) atoms. The molecule has 0 radical (unpaired) electrons. The smallest absolute Gasteiger partial charge is 0.246 e. The van der Waals surface area contributed by atoms with Gasteiger partial charge in [0.1, 0.15) is 0 Å². The maximum Gasteiger partial charge on any atom is 0.246 e. The largest absolute Gasteiger partial charge is 0.339 e. The van der Waals surface area contributed by atoms with Crippen LogP contribution in [0.15, 0.2) is 36.4 Å². The minimum Gasteiger partial charge on any atom is -0.339 e. The molecule has 0 N–H and O–H groups in total. The minimum atomic E-state index is 0.146. The van der Waals surface area contributed by atoms with E-state index in [-0.39, 0.29) is 5.91 Å². The van der Waals surface area contributed by atoms with Crippen LogP contribution in [-0.4, -0.2) is 23.9 Å². The molecular weight excluding hydrogens is 222 g/mol. The highest BCUT2D eigenvalue weighted by Gasteiger charge is 2.16. The van der Waals surface area contributed by atoms with E-state index in [0.29, 0.717) is 0 Å². The van der Waals surface area contributed by atoms with Crippen LogP contribution in [0.1, 0.15) is 31.7 Å². The molecule has 1 aliphatic rings. The average molecular weight is 243 g/mol. The Morgan fingerprint density at radius 3 is 2.78 bits per heavy atom. The summed E-state index contributed by atoms with van der Waals surface area (Å²) in [5.74, 6) is 0.897. The van der Waals surface area contributed by atoms with Gasteiger partial charge in [-0.05, 0) is 36.8 Å². The van der Waals surface area contributed by atoms with E-state index < -0.39 is 0 Å². The van der Waals surface area contributed by atoms with Crippen LogP contribution in [-0.2, 0) is 4.79 Å². The molecule has 0 spiro atoms. The van der Waals surface area contributed by atoms with Gasteiger partial charge >= 0.3 is 0 Å². The maximum atomic E-state index is 12.1. The Kier molecular flexibility index (Phi) is 4.57. The van der Waals surface area contributed by atoms with Crippen LogP contribution in [0.2, 0.25) is 0 Å². The number of rotatable bonds is 2. The summed E-state index contributed by atoms with van der Waals surface area (Å²) in [5, 5.41) is 0. The van der Waals surface area contributed by atoms with Crippen LogP contribution in [0.3, 0.4) is 0 Å². The van der Waals surface area contributed by atoms with Crippen molar-refractivity contribution < 1.29 is 4.79 Å². The Bertz CT molecular complexity index is 410. The second-order valence-corrected chi connectivity index (χ2v) is 5.11. The van der Waals surface area contributed by atoms with Crippen molar-refractivity contribution in [2.45, 2.75) is 26.2 Å². The van der Waals surface area contributed by atoms with Crippen molar-refractivity contribution in [3.63, 3.8) is 0 Å². The number of carbonyl (C=O) groups excluding carboxylic acids is 1. The Hall–Kier alpha value is -1.57. The van der Waals surface area contributed by atoms with E-state index in [1.807, 2.05) is 41.3 Å². The van der Waals surface area contributed by atoms with Crippen molar-refractivity contribution in [2.24, 2.45) is 5.92 Å². The van der Waals surface area contributed by atoms with Crippen LogP contribution in [0.5, 0.6) is 0 Å². The highest BCUT2D eigenvalue weighted by atomic mass is 16.2. The summed E-state index contributed by atoms with van der Waals surface area (Å²) in [6.45, 7) is 4.08. The summed E-state index contributed by atoms with van der Waals surface area (Å²) in [6.07, 6.45) is 7.10. The molecular formula is C16H21NO. The molecule has 2 nitrogen and oxygen atoms in total. The first-order valence-corrected chi connectivity index (χ1v) is 6.78. The Balaban J connectivity index is 1.93. The lowest BCUT2D eigenvalue weighted by Crippen LogP contribution is -2.30. The zero-order valence-electron chi connectivity index (χ0n) is 11.0. The molecule has 1 unspecified atom stereocenters. The van der Waals surface area contributed by atoms with E-state index in [0.717, 1.165) is 37.4 Å². The van der Waals surface area contributed by atoms with Gasteiger partial charge < -0.3 is 4.90 Å². The van der Waals surface area contributed by atoms with Crippen molar-refractivity contribution >= 4 is 12.0 Å². The van der Waals surface area contributed by atoms with Crippen molar-refractivity contribution in [2.75, 3.05) is 13.1 Å². The summed E-state index contributed by atoms with van der Waals surface area (Å²) in [6, 6.07) is 9.97. The van der Waals surface area contributed by atoms with Gasteiger partial charge in [0.05, 0.1) is 0 Å². The van der Waals surface area contributed by atoms with Gasteiger partial charge in [0.25, 0.3) is 0 Å². The molecule has 2 heteroatoms. The summed E-state index contributed by atoms with van der Waals surface area (Å²) in [5.41, 5.74) is 1.08. The SMILES string of the molecule is CC1CCCN(C(=O)/C=C/c2ccccc2)CC1. The topological polar surface area (TPSA) is 20.3 Å². The number of hydrogen-bond acceptors (Lipinski definition) is 1. The zero-order chi connectivity index (χ0) is 12.8. The van der Waals surface area contributed by atoms with Crippen LogP contribution >= 0.6 is 0 Å². The lowest BCUT2D eigenvalue weighted by Gasteiger charge is -2.18. The summed E-state index contributed by atoms with van der Waals surface area (Å²) < 4.78 is 0. The van der Waals surface area contributed by atoms with Gasteiger partial charge in [-0.3, -0.25) is 4.79 Å². The molecule has 0 bridgehead atoms. The molecule has 0 aromatic heterocycles.